The Morgan fingerprint density at radius 1 is 1.14 bits per heavy atom. The van der Waals surface area contributed by atoms with Crippen LogP contribution < -0.4 is 10.6 Å². The lowest BCUT2D eigenvalue weighted by Crippen LogP contribution is -2.22. The monoisotopic (exact) mass is 302 g/mol. The number of nitrogens with zero attached hydrogens (tertiary/aromatic N) is 1. The minimum Gasteiger partial charge on any atom is -0.342 e. The Hall–Kier alpha value is -1.51. The fourth-order valence-corrected chi connectivity index (χ4v) is 2.79. The minimum absolute atomic E-state index is 0.0837. The van der Waals surface area contributed by atoms with Gasteiger partial charge in [-0.05, 0) is 57.0 Å². The third-order valence-corrected chi connectivity index (χ3v) is 3.93. The number of hydrogen-bond acceptors (Lipinski definition) is 2. The number of nitrogens with two attached hydrogens (primary N) is 1. The average molecular weight is 303 g/mol. The second kappa shape index (κ2) is 6.97. The van der Waals surface area contributed by atoms with Gasteiger partial charge >= 0.3 is 0 Å². The van der Waals surface area contributed by atoms with E-state index in [1.807, 2.05) is 19.1 Å². The van der Waals surface area contributed by atoms with Gasteiger partial charge in [-0.15, -0.1) is 0 Å². The summed E-state index contributed by atoms with van der Waals surface area (Å²) < 4.78 is 0. The highest BCUT2D eigenvalue weighted by molar-refractivity contribution is 6.31. The molecule has 1 atom stereocenters. The molecule has 2 N–H and O–H groups in total. The molecule has 0 heterocycles. The van der Waals surface area contributed by atoms with Crippen molar-refractivity contribution >= 4 is 23.0 Å². The van der Waals surface area contributed by atoms with E-state index in [9.17, 15) is 0 Å². The van der Waals surface area contributed by atoms with E-state index in [1.54, 1.807) is 0 Å². The summed E-state index contributed by atoms with van der Waals surface area (Å²) in [6, 6.07) is 14.7. The standard InChI is InChI=1S/C18H23ClN2/c1-4-21(15-10-8-13(2)9-11-15)18-7-5-6-17(19)16(18)12-14(3)20/h5-11,14H,4,12,20H2,1-3H3. The van der Waals surface area contributed by atoms with Crippen molar-refractivity contribution in [1.82, 2.24) is 0 Å². The van der Waals surface area contributed by atoms with E-state index in [-0.39, 0.29) is 6.04 Å². The first-order chi connectivity index (χ1) is 10.0. The first-order valence-corrected chi connectivity index (χ1v) is 7.78. The molecule has 21 heavy (non-hydrogen) atoms. The molecule has 0 spiro atoms. The summed E-state index contributed by atoms with van der Waals surface area (Å²) in [6.45, 7) is 7.14. The van der Waals surface area contributed by atoms with Gasteiger partial charge in [0, 0.05) is 29.0 Å². The SMILES string of the molecule is CCN(c1ccc(C)cc1)c1cccc(Cl)c1CC(C)N. The van der Waals surface area contributed by atoms with Crippen LogP contribution in [0.4, 0.5) is 11.4 Å². The van der Waals surface area contributed by atoms with Gasteiger partial charge in [0.1, 0.15) is 0 Å². The number of benzene rings is 2. The molecular formula is C18H23ClN2. The number of hydrogen-bond donors (Lipinski definition) is 1. The van der Waals surface area contributed by atoms with Gasteiger partial charge in [0.15, 0.2) is 0 Å². The second-order valence-corrected chi connectivity index (χ2v) is 5.91. The van der Waals surface area contributed by atoms with E-state index in [2.05, 4.69) is 49.1 Å². The molecule has 1 unspecified atom stereocenters. The second-order valence-electron chi connectivity index (χ2n) is 5.50. The predicted molar refractivity (Wildman–Crippen MR) is 92.7 cm³/mol. The van der Waals surface area contributed by atoms with E-state index in [0.717, 1.165) is 29.2 Å². The molecule has 3 heteroatoms. The van der Waals surface area contributed by atoms with Crippen molar-refractivity contribution in [2.24, 2.45) is 5.73 Å². The minimum atomic E-state index is 0.0837. The zero-order chi connectivity index (χ0) is 15.4. The number of rotatable bonds is 5. The van der Waals surface area contributed by atoms with Crippen molar-refractivity contribution < 1.29 is 0 Å². The van der Waals surface area contributed by atoms with Crippen LogP contribution in [0.2, 0.25) is 5.02 Å². The summed E-state index contributed by atoms with van der Waals surface area (Å²) in [5.74, 6) is 0. The normalized spacial score (nSPS) is 12.2. The Labute approximate surface area is 132 Å². The molecule has 2 rings (SSSR count). The van der Waals surface area contributed by atoms with Gasteiger partial charge in [0.05, 0.1) is 0 Å². The van der Waals surface area contributed by atoms with Gasteiger partial charge in [-0.3, -0.25) is 0 Å². The summed E-state index contributed by atoms with van der Waals surface area (Å²) in [7, 11) is 0. The van der Waals surface area contributed by atoms with Gasteiger partial charge < -0.3 is 10.6 Å². The number of halogens is 1. The van der Waals surface area contributed by atoms with Crippen LogP contribution in [0.3, 0.4) is 0 Å². The maximum atomic E-state index is 6.40. The summed E-state index contributed by atoms with van der Waals surface area (Å²) in [6.07, 6.45) is 0.775. The average Bonchev–Trinajstić information content (AvgIpc) is 2.45. The van der Waals surface area contributed by atoms with Crippen molar-refractivity contribution in [3.63, 3.8) is 0 Å². The molecule has 0 radical (unpaired) electrons. The Balaban J connectivity index is 2.47. The fourth-order valence-electron chi connectivity index (χ4n) is 2.54. The molecular weight excluding hydrogens is 280 g/mol. The molecule has 0 saturated carbocycles. The van der Waals surface area contributed by atoms with Crippen LogP contribution in [0.1, 0.15) is 25.0 Å². The van der Waals surface area contributed by atoms with Crippen molar-refractivity contribution in [2.75, 3.05) is 11.4 Å². The van der Waals surface area contributed by atoms with Gasteiger partial charge in [0.2, 0.25) is 0 Å². The van der Waals surface area contributed by atoms with E-state index in [0.29, 0.717) is 0 Å². The highest BCUT2D eigenvalue weighted by Gasteiger charge is 2.15. The molecule has 2 aromatic carbocycles. The molecule has 0 aliphatic carbocycles. The molecule has 0 bridgehead atoms. The summed E-state index contributed by atoms with van der Waals surface area (Å²) in [5.41, 5.74) is 10.7. The summed E-state index contributed by atoms with van der Waals surface area (Å²) in [4.78, 5) is 2.28. The Morgan fingerprint density at radius 2 is 1.81 bits per heavy atom. The molecule has 112 valence electrons. The molecule has 2 nitrogen and oxygen atoms in total. The molecule has 0 amide bonds. The zero-order valence-electron chi connectivity index (χ0n) is 12.9. The fraction of sp³-hybridized carbons (Fsp3) is 0.333. The summed E-state index contributed by atoms with van der Waals surface area (Å²) in [5, 5.41) is 0.787. The van der Waals surface area contributed by atoms with Crippen LogP contribution in [-0.4, -0.2) is 12.6 Å². The molecule has 0 aliphatic heterocycles. The van der Waals surface area contributed by atoms with Gasteiger partial charge in [0.25, 0.3) is 0 Å². The van der Waals surface area contributed by atoms with Crippen molar-refractivity contribution in [3.05, 3.63) is 58.6 Å². The van der Waals surface area contributed by atoms with Crippen LogP contribution >= 0.6 is 11.6 Å². The lowest BCUT2D eigenvalue weighted by atomic mass is 10.0. The van der Waals surface area contributed by atoms with Gasteiger partial charge in [-0.1, -0.05) is 35.4 Å². The van der Waals surface area contributed by atoms with Crippen LogP contribution in [-0.2, 0) is 6.42 Å². The first-order valence-electron chi connectivity index (χ1n) is 7.40. The van der Waals surface area contributed by atoms with Gasteiger partial charge in [-0.2, -0.15) is 0 Å². The smallest absolute Gasteiger partial charge is 0.0459 e. The van der Waals surface area contributed by atoms with Crippen molar-refractivity contribution in [2.45, 2.75) is 33.2 Å². The third-order valence-electron chi connectivity index (χ3n) is 3.57. The first kappa shape index (κ1) is 15.9. The molecule has 0 aliphatic rings. The Kier molecular flexibility index (Phi) is 5.27. The number of anilines is 2. The lowest BCUT2D eigenvalue weighted by molar-refractivity contribution is 0.736. The van der Waals surface area contributed by atoms with Crippen LogP contribution in [0.5, 0.6) is 0 Å². The molecule has 0 fully saturated rings. The zero-order valence-corrected chi connectivity index (χ0v) is 13.7. The van der Waals surface area contributed by atoms with Crippen LogP contribution in [0.25, 0.3) is 0 Å². The summed E-state index contributed by atoms with van der Waals surface area (Å²) >= 11 is 6.40. The topological polar surface area (TPSA) is 29.3 Å². The largest absolute Gasteiger partial charge is 0.342 e. The van der Waals surface area contributed by atoms with E-state index in [4.69, 9.17) is 17.3 Å². The maximum Gasteiger partial charge on any atom is 0.0459 e. The van der Waals surface area contributed by atoms with Crippen LogP contribution in [0, 0.1) is 6.92 Å². The lowest BCUT2D eigenvalue weighted by Gasteiger charge is -2.27. The maximum absolute atomic E-state index is 6.40. The van der Waals surface area contributed by atoms with E-state index < -0.39 is 0 Å². The predicted octanol–water partition coefficient (Wildman–Crippen LogP) is 4.70. The van der Waals surface area contributed by atoms with Crippen molar-refractivity contribution in [1.29, 1.82) is 0 Å². The molecule has 0 aromatic heterocycles. The van der Waals surface area contributed by atoms with Gasteiger partial charge in [-0.25, -0.2) is 0 Å². The highest BCUT2D eigenvalue weighted by Crippen LogP contribution is 2.33. The van der Waals surface area contributed by atoms with E-state index in [1.165, 1.54) is 11.3 Å². The third kappa shape index (κ3) is 3.78. The molecule has 2 aromatic rings. The Bertz CT molecular complexity index is 591. The number of aryl methyl sites for hydroxylation is 1. The van der Waals surface area contributed by atoms with Crippen LogP contribution in [0.15, 0.2) is 42.5 Å². The quantitative estimate of drug-likeness (QED) is 0.867. The van der Waals surface area contributed by atoms with E-state index >= 15 is 0 Å². The van der Waals surface area contributed by atoms with Crippen molar-refractivity contribution in [3.8, 4) is 0 Å². The Morgan fingerprint density at radius 3 is 2.38 bits per heavy atom. The molecule has 0 saturated heterocycles. The highest BCUT2D eigenvalue weighted by atomic mass is 35.5.